The molecule has 22 heavy (non-hydrogen) atoms. The first-order valence-corrected chi connectivity index (χ1v) is 9.23. The van der Waals surface area contributed by atoms with Crippen LogP contribution in [0.25, 0.3) is 0 Å². The highest BCUT2D eigenvalue weighted by molar-refractivity contribution is 9.10. The van der Waals surface area contributed by atoms with E-state index in [4.69, 9.17) is 5.73 Å². The van der Waals surface area contributed by atoms with Crippen LogP contribution in [-0.4, -0.2) is 33.0 Å². The van der Waals surface area contributed by atoms with Crippen molar-refractivity contribution < 1.29 is 13.2 Å². The maximum Gasteiger partial charge on any atom is 0.241 e. The van der Waals surface area contributed by atoms with Crippen LogP contribution < -0.4 is 15.8 Å². The van der Waals surface area contributed by atoms with Gasteiger partial charge in [-0.2, -0.15) is 4.72 Å². The summed E-state index contributed by atoms with van der Waals surface area (Å²) in [4.78, 5) is 12.3. The monoisotopic (exact) mass is 391 g/mol. The molecule has 0 fully saturated rings. The van der Waals surface area contributed by atoms with Gasteiger partial charge in [0.1, 0.15) is 6.04 Å². The molecule has 0 aliphatic rings. The van der Waals surface area contributed by atoms with Crippen molar-refractivity contribution in [2.75, 3.05) is 6.54 Å². The molecule has 1 aromatic carbocycles. The fraction of sp³-hybridized carbons (Fsp3) is 0.500. The van der Waals surface area contributed by atoms with Gasteiger partial charge in [-0.1, -0.05) is 29.8 Å². The zero-order valence-electron chi connectivity index (χ0n) is 12.8. The zero-order valence-corrected chi connectivity index (χ0v) is 15.2. The molecule has 1 aromatic rings. The van der Waals surface area contributed by atoms with E-state index in [2.05, 4.69) is 26.0 Å². The molecule has 0 spiro atoms. The van der Waals surface area contributed by atoms with Crippen molar-refractivity contribution in [1.29, 1.82) is 0 Å². The molecule has 1 unspecified atom stereocenters. The van der Waals surface area contributed by atoms with Gasteiger partial charge < -0.3 is 11.1 Å². The number of sulfonamides is 1. The molecule has 8 heteroatoms. The minimum Gasteiger partial charge on any atom is -0.351 e. The number of halogens is 1. The lowest BCUT2D eigenvalue weighted by Gasteiger charge is -2.23. The van der Waals surface area contributed by atoms with E-state index in [-0.39, 0.29) is 29.3 Å². The molecule has 0 saturated heterocycles. The quantitative estimate of drug-likeness (QED) is 0.649. The van der Waals surface area contributed by atoms with Gasteiger partial charge in [0, 0.05) is 17.1 Å². The maximum absolute atomic E-state index is 12.4. The van der Waals surface area contributed by atoms with Crippen molar-refractivity contribution in [1.82, 2.24) is 10.0 Å². The average molecular weight is 392 g/mol. The van der Waals surface area contributed by atoms with E-state index in [0.717, 1.165) is 4.47 Å². The standard InChI is InChI=1S/C14H22BrN3O3S/c1-9(2)13(14(19)17-10(3)8-16)18-22(20,21)12-6-4-11(15)5-7-12/h4-7,9-10,13,18H,8,16H2,1-3H3,(H,17,19)/t10-,13?/m0/s1. The molecule has 0 radical (unpaired) electrons. The Labute approximate surface area is 140 Å². The Hall–Kier alpha value is -0.960. The maximum atomic E-state index is 12.4. The van der Waals surface area contributed by atoms with Crippen molar-refractivity contribution in [2.45, 2.75) is 37.8 Å². The van der Waals surface area contributed by atoms with Gasteiger partial charge in [0.25, 0.3) is 0 Å². The molecule has 4 N–H and O–H groups in total. The largest absolute Gasteiger partial charge is 0.351 e. The Morgan fingerprint density at radius 1 is 1.23 bits per heavy atom. The number of carbonyl (C=O) groups is 1. The van der Waals surface area contributed by atoms with Gasteiger partial charge >= 0.3 is 0 Å². The molecule has 124 valence electrons. The van der Waals surface area contributed by atoms with E-state index in [9.17, 15) is 13.2 Å². The first-order chi connectivity index (χ1) is 10.2. The number of rotatable bonds is 7. The van der Waals surface area contributed by atoms with E-state index < -0.39 is 16.1 Å². The van der Waals surface area contributed by atoms with Crippen molar-refractivity contribution in [3.8, 4) is 0 Å². The first kappa shape index (κ1) is 19.1. The summed E-state index contributed by atoms with van der Waals surface area (Å²) in [5, 5.41) is 2.70. The van der Waals surface area contributed by atoms with Crippen LogP contribution in [-0.2, 0) is 14.8 Å². The topological polar surface area (TPSA) is 101 Å². The molecule has 1 amide bonds. The van der Waals surface area contributed by atoms with Crippen LogP contribution in [0.1, 0.15) is 20.8 Å². The molecular weight excluding hydrogens is 370 g/mol. The highest BCUT2D eigenvalue weighted by atomic mass is 79.9. The van der Waals surface area contributed by atoms with Gasteiger partial charge in [-0.3, -0.25) is 4.79 Å². The predicted octanol–water partition coefficient (Wildman–Crippen LogP) is 1.22. The molecule has 0 aromatic heterocycles. The summed E-state index contributed by atoms with van der Waals surface area (Å²) >= 11 is 3.25. The Morgan fingerprint density at radius 3 is 2.23 bits per heavy atom. The summed E-state index contributed by atoms with van der Waals surface area (Å²) in [6.07, 6.45) is 0. The van der Waals surface area contributed by atoms with Crippen LogP contribution in [0.3, 0.4) is 0 Å². The predicted molar refractivity (Wildman–Crippen MR) is 89.7 cm³/mol. The van der Waals surface area contributed by atoms with Crippen LogP contribution in [0.5, 0.6) is 0 Å². The number of carbonyl (C=O) groups excluding carboxylic acids is 1. The number of nitrogens with one attached hydrogen (secondary N) is 2. The van der Waals surface area contributed by atoms with Crippen molar-refractivity contribution in [3.05, 3.63) is 28.7 Å². The second kappa shape index (κ2) is 8.05. The number of nitrogens with two attached hydrogens (primary N) is 1. The van der Waals surface area contributed by atoms with Gasteiger partial charge in [-0.05, 0) is 37.1 Å². The third-order valence-electron chi connectivity index (χ3n) is 3.10. The van der Waals surface area contributed by atoms with Crippen molar-refractivity contribution in [2.24, 2.45) is 11.7 Å². The van der Waals surface area contributed by atoms with Gasteiger partial charge in [0.15, 0.2) is 0 Å². The third-order valence-corrected chi connectivity index (χ3v) is 5.08. The Balaban J connectivity index is 2.94. The van der Waals surface area contributed by atoms with Crippen molar-refractivity contribution in [3.63, 3.8) is 0 Å². The van der Waals surface area contributed by atoms with Gasteiger partial charge in [0.05, 0.1) is 4.90 Å². The summed E-state index contributed by atoms with van der Waals surface area (Å²) in [7, 11) is -3.77. The molecule has 0 aliphatic heterocycles. The Kier molecular flexibility index (Phi) is 6.98. The molecule has 6 nitrogen and oxygen atoms in total. The molecule has 0 bridgehead atoms. The fourth-order valence-electron chi connectivity index (χ4n) is 1.73. The second-order valence-electron chi connectivity index (χ2n) is 5.44. The first-order valence-electron chi connectivity index (χ1n) is 6.95. The van der Waals surface area contributed by atoms with E-state index in [1.807, 2.05) is 0 Å². The number of benzene rings is 1. The number of hydrogen-bond donors (Lipinski definition) is 3. The summed E-state index contributed by atoms with van der Waals surface area (Å²) in [5.41, 5.74) is 5.47. The normalized spacial score (nSPS) is 14.6. The molecule has 2 atom stereocenters. The van der Waals surface area contributed by atoms with Crippen LogP contribution in [0.15, 0.2) is 33.6 Å². The second-order valence-corrected chi connectivity index (χ2v) is 8.07. The van der Waals surface area contributed by atoms with Gasteiger partial charge in [0.2, 0.25) is 15.9 Å². The van der Waals surface area contributed by atoms with E-state index in [1.54, 1.807) is 32.9 Å². The summed E-state index contributed by atoms with van der Waals surface area (Å²) < 4.78 is 28.0. The number of hydrogen-bond acceptors (Lipinski definition) is 4. The fourth-order valence-corrected chi connectivity index (χ4v) is 3.34. The lowest BCUT2D eigenvalue weighted by molar-refractivity contribution is -0.124. The Morgan fingerprint density at radius 2 is 1.77 bits per heavy atom. The molecule has 0 saturated carbocycles. The zero-order chi connectivity index (χ0) is 16.9. The van der Waals surface area contributed by atoms with Crippen molar-refractivity contribution >= 4 is 31.9 Å². The molecule has 1 rings (SSSR count). The van der Waals surface area contributed by atoms with Crippen LogP contribution >= 0.6 is 15.9 Å². The number of amides is 1. The average Bonchev–Trinajstić information content (AvgIpc) is 2.44. The molecule has 0 aliphatic carbocycles. The van der Waals surface area contributed by atoms with E-state index in [0.29, 0.717) is 0 Å². The van der Waals surface area contributed by atoms with Crippen LogP contribution in [0, 0.1) is 5.92 Å². The van der Waals surface area contributed by atoms with Crippen LogP contribution in [0.2, 0.25) is 0 Å². The van der Waals surface area contributed by atoms with E-state index >= 15 is 0 Å². The van der Waals surface area contributed by atoms with Crippen LogP contribution in [0.4, 0.5) is 0 Å². The highest BCUT2D eigenvalue weighted by Crippen LogP contribution is 2.16. The highest BCUT2D eigenvalue weighted by Gasteiger charge is 2.28. The molecule has 0 heterocycles. The smallest absolute Gasteiger partial charge is 0.241 e. The third kappa shape index (κ3) is 5.35. The minimum atomic E-state index is -3.77. The van der Waals surface area contributed by atoms with Gasteiger partial charge in [-0.25, -0.2) is 8.42 Å². The summed E-state index contributed by atoms with van der Waals surface area (Å²) in [6, 6.07) is 5.15. The van der Waals surface area contributed by atoms with Gasteiger partial charge in [-0.15, -0.1) is 0 Å². The molecular formula is C14H22BrN3O3S. The summed E-state index contributed by atoms with van der Waals surface area (Å²) in [5.74, 6) is -0.580. The minimum absolute atomic E-state index is 0.112. The van der Waals surface area contributed by atoms with E-state index in [1.165, 1.54) is 12.1 Å². The summed E-state index contributed by atoms with van der Waals surface area (Å²) in [6.45, 7) is 5.61. The lowest BCUT2D eigenvalue weighted by Crippen LogP contribution is -2.52. The Bertz CT molecular complexity index is 602. The lowest BCUT2D eigenvalue weighted by atomic mass is 10.0. The SMILES string of the molecule is CC(C)C(NS(=O)(=O)c1ccc(Br)cc1)C(=O)N[C@@H](C)CN.